The van der Waals surface area contributed by atoms with Crippen LogP contribution in [-0.4, -0.2) is 6.17 Å². The van der Waals surface area contributed by atoms with E-state index in [1.807, 2.05) is 0 Å². The molecular weight excluding hydrogens is 170 g/mol. The summed E-state index contributed by atoms with van der Waals surface area (Å²) in [6, 6.07) is 0. The Morgan fingerprint density at radius 1 is 1.46 bits per heavy atom. The van der Waals surface area contributed by atoms with E-state index in [0.717, 1.165) is 25.7 Å². The number of hydrogen-bond donors (Lipinski definition) is 0. The molecule has 0 spiro atoms. The minimum Gasteiger partial charge on any atom is -0.246 e. The zero-order valence-electron chi connectivity index (χ0n) is 7.97. The van der Waals surface area contributed by atoms with Gasteiger partial charge in [0, 0.05) is 11.8 Å². The topological polar surface area (TPSA) is 0 Å². The number of alkyl halides is 1. The summed E-state index contributed by atoms with van der Waals surface area (Å²) in [7, 11) is 0. The Morgan fingerprint density at radius 2 is 2.23 bits per heavy atom. The Kier molecular flexibility index (Phi) is 2.39. The first-order valence-corrected chi connectivity index (χ1v) is 5.25. The third kappa shape index (κ3) is 1.63. The van der Waals surface area contributed by atoms with Gasteiger partial charge in [-0.2, -0.15) is 0 Å². The Bertz CT molecular complexity index is 222. The van der Waals surface area contributed by atoms with Crippen molar-refractivity contribution in [2.24, 2.45) is 17.8 Å². The number of allylic oxidation sites excluding steroid dienone is 2. The van der Waals surface area contributed by atoms with Gasteiger partial charge in [0.2, 0.25) is 0 Å². The predicted molar refractivity (Wildman–Crippen MR) is 48.7 cm³/mol. The molecule has 0 aromatic rings. The minimum atomic E-state index is -0.876. The zero-order chi connectivity index (χ0) is 9.42. The van der Waals surface area contributed by atoms with Gasteiger partial charge in [0.15, 0.2) is 0 Å². The van der Waals surface area contributed by atoms with Crippen LogP contribution < -0.4 is 0 Å². The van der Waals surface area contributed by atoms with Crippen molar-refractivity contribution in [1.82, 2.24) is 0 Å². The van der Waals surface area contributed by atoms with Crippen LogP contribution in [0.1, 0.15) is 32.6 Å². The van der Waals surface area contributed by atoms with Gasteiger partial charge < -0.3 is 0 Å². The molecule has 1 saturated carbocycles. The predicted octanol–water partition coefficient (Wildman–Crippen LogP) is 3.63. The molecule has 0 aliphatic heterocycles. The van der Waals surface area contributed by atoms with Crippen LogP contribution in [0.2, 0.25) is 0 Å². The monoisotopic (exact) mass is 186 g/mol. The van der Waals surface area contributed by atoms with Crippen LogP contribution in [0, 0.1) is 17.8 Å². The summed E-state index contributed by atoms with van der Waals surface area (Å²) >= 11 is 0. The van der Waals surface area contributed by atoms with E-state index in [-0.39, 0.29) is 17.7 Å². The molecule has 1 unspecified atom stereocenters. The highest BCUT2D eigenvalue weighted by molar-refractivity contribution is 5.18. The first-order chi connectivity index (χ1) is 6.24. The molecule has 2 rings (SSSR count). The lowest BCUT2D eigenvalue weighted by Crippen LogP contribution is -1.97. The average molecular weight is 186 g/mol. The molecule has 0 amide bonds. The quantitative estimate of drug-likeness (QED) is 0.617. The number of hydrogen-bond acceptors (Lipinski definition) is 0. The summed E-state index contributed by atoms with van der Waals surface area (Å²) < 4.78 is 26.3. The standard InChI is InChI=1S/C11H16F2/c1-2-3-7-4-5-8-10(11(8)13)9(12)6-7/h6-8,10-11H,2-5H2,1H3/t7-,8+,10?,11+/m0/s1. The lowest BCUT2D eigenvalue weighted by Gasteiger charge is -2.09. The molecular formula is C11H16F2. The maximum Gasteiger partial charge on any atom is 0.113 e. The first kappa shape index (κ1) is 9.17. The highest BCUT2D eigenvalue weighted by Crippen LogP contribution is 2.53. The van der Waals surface area contributed by atoms with Crippen molar-refractivity contribution in [3.8, 4) is 0 Å². The van der Waals surface area contributed by atoms with Gasteiger partial charge in [-0.15, -0.1) is 0 Å². The maximum absolute atomic E-state index is 13.3. The van der Waals surface area contributed by atoms with E-state index in [2.05, 4.69) is 6.92 Å². The SMILES string of the molecule is CCC[C@@H]1C=C(F)C2[C@@H](CC1)[C@H]2F. The Hall–Kier alpha value is -0.400. The van der Waals surface area contributed by atoms with Crippen LogP contribution in [0.4, 0.5) is 8.78 Å². The van der Waals surface area contributed by atoms with Crippen molar-refractivity contribution < 1.29 is 8.78 Å². The zero-order valence-corrected chi connectivity index (χ0v) is 7.97. The van der Waals surface area contributed by atoms with Crippen LogP contribution in [0.15, 0.2) is 11.9 Å². The summed E-state index contributed by atoms with van der Waals surface area (Å²) in [6.07, 6.45) is 4.78. The largest absolute Gasteiger partial charge is 0.246 e. The second kappa shape index (κ2) is 3.39. The molecule has 2 aliphatic carbocycles. The Balaban J connectivity index is 2.02. The van der Waals surface area contributed by atoms with Gasteiger partial charge >= 0.3 is 0 Å². The fraction of sp³-hybridized carbons (Fsp3) is 0.818. The van der Waals surface area contributed by atoms with Gasteiger partial charge in [-0.25, -0.2) is 8.78 Å². The number of halogens is 2. The van der Waals surface area contributed by atoms with E-state index >= 15 is 0 Å². The van der Waals surface area contributed by atoms with Gasteiger partial charge in [-0.05, 0) is 31.3 Å². The van der Waals surface area contributed by atoms with Crippen LogP contribution in [0.3, 0.4) is 0 Å². The lowest BCUT2D eigenvalue weighted by molar-refractivity contribution is 0.398. The fourth-order valence-corrected chi connectivity index (χ4v) is 2.45. The Labute approximate surface area is 78.0 Å². The van der Waals surface area contributed by atoms with E-state index in [1.54, 1.807) is 6.08 Å². The highest BCUT2D eigenvalue weighted by Gasteiger charge is 2.54. The molecule has 4 atom stereocenters. The van der Waals surface area contributed by atoms with Crippen molar-refractivity contribution in [1.29, 1.82) is 0 Å². The molecule has 0 saturated heterocycles. The van der Waals surface area contributed by atoms with Crippen molar-refractivity contribution in [2.45, 2.75) is 38.8 Å². The average Bonchev–Trinajstić information content (AvgIpc) is 2.75. The van der Waals surface area contributed by atoms with Crippen LogP contribution >= 0.6 is 0 Å². The molecule has 0 nitrogen and oxygen atoms in total. The molecule has 0 bridgehead atoms. The number of rotatable bonds is 2. The van der Waals surface area contributed by atoms with Crippen molar-refractivity contribution in [2.75, 3.05) is 0 Å². The van der Waals surface area contributed by atoms with Gasteiger partial charge in [-0.3, -0.25) is 0 Å². The maximum atomic E-state index is 13.3. The molecule has 0 N–H and O–H groups in total. The van der Waals surface area contributed by atoms with E-state index < -0.39 is 6.17 Å². The molecule has 74 valence electrons. The summed E-state index contributed by atoms with van der Waals surface area (Å²) in [5, 5.41) is 0. The van der Waals surface area contributed by atoms with Gasteiger partial charge in [-0.1, -0.05) is 13.3 Å². The molecule has 0 heterocycles. The van der Waals surface area contributed by atoms with Crippen molar-refractivity contribution in [3.05, 3.63) is 11.9 Å². The normalized spacial score (nSPS) is 43.5. The van der Waals surface area contributed by atoms with Gasteiger partial charge in [0.05, 0.1) is 0 Å². The summed E-state index contributed by atoms with van der Waals surface area (Å²) in [5.74, 6) is -0.154. The summed E-state index contributed by atoms with van der Waals surface area (Å²) in [4.78, 5) is 0. The van der Waals surface area contributed by atoms with E-state index in [1.165, 1.54) is 0 Å². The number of fused-ring (bicyclic) bond motifs is 1. The van der Waals surface area contributed by atoms with Crippen LogP contribution in [0.5, 0.6) is 0 Å². The fourth-order valence-electron chi connectivity index (χ4n) is 2.45. The van der Waals surface area contributed by atoms with E-state index in [0.29, 0.717) is 5.92 Å². The van der Waals surface area contributed by atoms with Gasteiger partial charge in [0.25, 0.3) is 0 Å². The first-order valence-electron chi connectivity index (χ1n) is 5.25. The molecule has 0 radical (unpaired) electrons. The smallest absolute Gasteiger partial charge is 0.113 e. The van der Waals surface area contributed by atoms with Crippen molar-refractivity contribution in [3.63, 3.8) is 0 Å². The Morgan fingerprint density at radius 3 is 2.92 bits per heavy atom. The molecule has 2 heteroatoms. The molecule has 1 fully saturated rings. The van der Waals surface area contributed by atoms with Gasteiger partial charge in [0.1, 0.15) is 12.0 Å². The summed E-state index contributed by atoms with van der Waals surface area (Å²) in [6.45, 7) is 2.11. The molecule has 13 heavy (non-hydrogen) atoms. The summed E-state index contributed by atoms with van der Waals surface area (Å²) in [5.41, 5.74) is 0. The lowest BCUT2D eigenvalue weighted by atomic mass is 9.97. The second-order valence-electron chi connectivity index (χ2n) is 4.31. The highest BCUT2D eigenvalue weighted by atomic mass is 19.1. The minimum absolute atomic E-state index is 0.0121. The molecule has 2 aliphatic rings. The van der Waals surface area contributed by atoms with Crippen LogP contribution in [-0.2, 0) is 0 Å². The van der Waals surface area contributed by atoms with Crippen molar-refractivity contribution >= 4 is 0 Å². The third-order valence-electron chi connectivity index (χ3n) is 3.32. The second-order valence-corrected chi connectivity index (χ2v) is 4.31. The third-order valence-corrected chi connectivity index (χ3v) is 3.32. The molecule has 0 aromatic heterocycles. The van der Waals surface area contributed by atoms with E-state index in [4.69, 9.17) is 0 Å². The molecule has 0 aromatic carbocycles. The van der Waals surface area contributed by atoms with E-state index in [9.17, 15) is 8.78 Å². The van der Waals surface area contributed by atoms with Crippen LogP contribution in [0.25, 0.3) is 0 Å².